The lowest BCUT2D eigenvalue weighted by atomic mass is 10.2. The second-order valence-corrected chi connectivity index (χ2v) is 5.91. The van der Waals surface area contributed by atoms with Crippen molar-refractivity contribution in [2.75, 3.05) is 17.6 Å². The predicted molar refractivity (Wildman–Crippen MR) is 113 cm³/mol. The molecule has 11 heteroatoms. The van der Waals surface area contributed by atoms with Crippen molar-refractivity contribution >= 4 is 34.9 Å². The van der Waals surface area contributed by atoms with Gasteiger partial charge in [0.25, 0.3) is 5.91 Å². The number of nitrogens with zero attached hydrogens (tertiary/aromatic N) is 1. The Morgan fingerprint density at radius 2 is 1.78 bits per heavy atom. The third-order valence-electron chi connectivity index (χ3n) is 3.30. The SMILES string of the molecule is [2H]c1cc(Cl)c(C(F)(F)F)c([2H])c1NC(=O)Nc1c([2H])c([2H])c(Oc2c([2H])c([2H])nc(C(=O)NC([2H])([2H])[2H])c2[2H])c([2H])c1[2H]. The Hall–Kier alpha value is -3.79. The molecule has 3 amide bonds. The van der Waals surface area contributed by atoms with Crippen LogP contribution >= 0.6 is 11.6 Å². The van der Waals surface area contributed by atoms with Crippen LogP contribution in [0.1, 0.15) is 32.5 Å². The second kappa shape index (κ2) is 9.56. The van der Waals surface area contributed by atoms with Gasteiger partial charge in [-0.15, -0.1) is 0 Å². The van der Waals surface area contributed by atoms with E-state index in [-0.39, 0.29) is 0 Å². The van der Waals surface area contributed by atoms with E-state index in [1.807, 2.05) is 10.6 Å². The summed E-state index contributed by atoms with van der Waals surface area (Å²) < 4.78 is 139. The van der Waals surface area contributed by atoms with E-state index >= 15 is 0 Å². The van der Waals surface area contributed by atoms with Gasteiger partial charge in [-0.3, -0.25) is 9.78 Å². The molecule has 1 aromatic heterocycles. The number of hydrogen-bond donors (Lipinski definition) is 3. The van der Waals surface area contributed by atoms with E-state index in [4.69, 9.17) is 32.8 Å². The first-order valence-corrected chi connectivity index (χ1v) is 8.47. The van der Waals surface area contributed by atoms with Crippen LogP contribution in [-0.4, -0.2) is 23.9 Å². The van der Waals surface area contributed by atoms with Crippen molar-refractivity contribution in [3.8, 4) is 11.5 Å². The third kappa shape index (κ3) is 5.88. The van der Waals surface area contributed by atoms with Gasteiger partial charge in [0, 0.05) is 34.7 Å². The molecule has 0 spiro atoms. The van der Waals surface area contributed by atoms with Gasteiger partial charge in [-0.25, -0.2) is 4.79 Å². The predicted octanol–water partition coefficient (Wildman–Crippen LogP) is 5.55. The Morgan fingerprint density at radius 1 is 1.06 bits per heavy atom. The standard InChI is InChI=1S/C21H16ClF3N4O3/c1-26-19(30)18-11-15(8-9-27-18)32-14-5-2-12(3-6-14)28-20(31)29-13-4-7-17(22)16(10-13)21(23,24)25/h2-11H,1H3,(H,26,30)(H2,28,29,31)/i1D3,2D,3D,4D,5D,6D,8D,9D,10D,11D. The Bertz CT molecular complexity index is 1680. The molecule has 0 aliphatic rings. The number of carbonyl (C=O) groups excluding carboxylic acids is 2. The molecule has 0 unspecified atom stereocenters. The average Bonchev–Trinajstić information content (AvgIpc) is 2.87. The minimum absolute atomic E-state index is 0.528. The summed E-state index contributed by atoms with van der Waals surface area (Å²) in [6, 6.07) is -9.18. The van der Waals surface area contributed by atoms with Crippen molar-refractivity contribution in [3.63, 3.8) is 0 Å². The molecule has 0 bridgehead atoms. The quantitative estimate of drug-likeness (QED) is 0.450. The van der Waals surface area contributed by atoms with Crippen molar-refractivity contribution in [1.82, 2.24) is 10.3 Å². The molecule has 7 nitrogen and oxygen atoms in total. The maximum Gasteiger partial charge on any atom is 0.417 e. The van der Waals surface area contributed by atoms with Crippen LogP contribution in [0.25, 0.3) is 0 Å². The van der Waals surface area contributed by atoms with Gasteiger partial charge in [0.05, 0.1) is 22.9 Å². The first-order valence-electron chi connectivity index (χ1n) is 14.1. The monoisotopic (exact) mass is 476 g/mol. The van der Waals surface area contributed by atoms with E-state index in [1.54, 1.807) is 0 Å². The topological polar surface area (TPSA) is 92.3 Å². The number of aromatic nitrogens is 1. The molecule has 0 saturated carbocycles. The molecular formula is C21H16ClF3N4O3. The maximum absolute atomic E-state index is 13.3. The average molecular weight is 477 g/mol. The van der Waals surface area contributed by atoms with Gasteiger partial charge < -0.3 is 20.7 Å². The van der Waals surface area contributed by atoms with E-state index in [1.165, 1.54) is 5.32 Å². The number of pyridine rings is 1. The molecular weight excluding hydrogens is 449 g/mol. The van der Waals surface area contributed by atoms with E-state index in [9.17, 15) is 22.8 Å². The number of hydrogen-bond acceptors (Lipinski definition) is 4. The lowest BCUT2D eigenvalue weighted by Crippen LogP contribution is -2.19. The number of ether oxygens (including phenoxy) is 1. The summed E-state index contributed by atoms with van der Waals surface area (Å²) in [6.07, 6.45) is -6.10. The maximum atomic E-state index is 13.3. The Morgan fingerprint density at radius 3 is 2.47 bits per heavy atom. The highest BCUT2D eigenvalue weighted by molar-refractivity contribution is 6.31. The van der Waals surface area contributed by atoms with Crippen LogP contribution in [0.15, 0.2) is 60.6 Å². The summed E-state index contributed by atoms with van der Waals surface area (Å²) >= 11 is 5.51. The smallest absolute Gasteiger partial charge is 0.417 e. The number of benzene rings is 2. The summed E-state index contributed by atoms with van der Waals surface area (Å²) in [5.74, 6) is -3.38. The van der Waals surface area contributed by atoms with Gasteiger partial charge in [-0.1, -0.05) is 11.6 Å². The zero-order chi connectivity index (χ0) is 33.6. The number of amides is 3. The van der Waals surface area contributed by atoms with E-state index < -0.39 is 119 Å². The molecule has 1 heterocycles. The number of anilines is 2. The Kier molecular flexibility index (Phi) is 3.50. The van der Waals surface area contributed by atoms with Crippen molar-refractivity contribution < 1.29 is 43.9 Å². The fraction of sp³-hybridized carbons (Fsp3) is 0.0952. The molecule has 0 aliphatic carbocycles. The molecule has 0 radical (unpaired) electrons. The summed E-state index contributed by atoms with van der Waals surface area (Å²) in [5, 5.41) is 4.25. The largest absolute Gasteiger partial charge is 0.457 e. The van der Waals surface area contributed by atoms with Crippen LogP contribution in [0, 0.1) is 0 Å². The highest BCUT2D eigenvalue weighted by Gasteiger charge is 2.33. The van der Waals surface area contributed by atoms with Crippen molar-refractivity contribution in [1.29, 1.82) is 0 Å². The zero-order valence-electron chi connectivity index (χ0n) is 27.3. The van der Waals surface area contributed by atoms with Gasteiger partial charge in [0.1, 0.15) is 17.2 Å². The normalized spacial score (nSPS) is 16.6. The number of rotatable bonds is 5. The first kappa shape index (κ1) is 11.7. The molecule has 2 aromatic carbocycles. The minimum atomic E-state index is -5.12. The van der Waals surface area contributed by atoms with E-state index in [0.717, 1.165) is 0 Å². The van der Waals surface area contributed by atoms with Gasteiger partial charge in [-0.2, -0.15) is 13.2 Å². The lowest BCUT2D eigenvalue weighted by Gasteiger charge is -2.12. The number of urea groups is 1. The molecule has 0 saturated heterocycles. The Labute approximate surface area is 202 Å². The summed E-state index contributed by atoms with van der Waals surface area (Å²) in [7, 11) is 0. The molecule has 166 valence electrons. The fourth-order valence-corrected chi connectivity index (χ4v) is 2.21. The van der Waals surface area contributed by atoms with Crippen LogP contribution in [0.5, 0.6) is 11.5 Å². The van der Waals surface area contributed by atoms with Crippen molar-refractivity contribution in [3.05, 3.63) is 76.9 Å². The van der Waals surface area contributed by atoms with Gasteiger partial charge in [0.15, 0.2) is 0 Å². The fourth-order valence-electron chi connectivity index (χ4n) is 2.00. The molecule has 32 heavy (non-hydrogen) atoms. The zero-order valence-corrected chi connectivity index (χ0v) is 16.0. The minimum Gasteiger partial charge on any atom is -0.457 e. The number of alkyl halides is 3. The van der Waals surface area contributed by atoms with Crippen LogP contribution < -0.4 is 20.7 Å². The molecule has 0 atom stereocenters. The Balaban J connectivity index is 2.01. The van der Waals surface area contributed by atoms with Gasteiger partial charge in [0.2, 0.25) is 0 Å². The van der Waals surface area contributed by atoms with Crippen LogP contribution in [0.3, 0.4) is 0 Å². The van der Waals surface area contributed by atoms with Crippen LogP contribution in [0.4, 0.5) is 29.3 Å². The van der Waals surface area contributed by atoms with E-state index in [0.29, 0.717) is 6.07 Å². The number of carbonyl (C=O) groups is 2. The van der Waals surface area contributed by atoms with Crippen molar-refractivity contribution in [2.45, 2.75) is 6.18 Å². The highest BCUT2D eigenvalue weighted by atomic mass is 35.5. The van der Waals surface area contributed by atoms with Crippen LogP contribution in [0.2, 0.25) is 5.02 Å². The van der Waals surface area contributed by atoms with Crippen molar-refractivity contribution in [2.24, 2.45) is 0 Å². The van der Waals surface area contributed by atoms with Gasteiger partial charge >= 0.3 is 12.2 Å². The first-order chi connectivity index (χ1) is 20.1. The second-order valence-electron chi connectivity index (χ2n) is 5.50. The summed E-state index contributed by atoms with van der Waals surface area (Å²) in [6.45, 7) is -3.02. The molecule has 0 fully saturated rings. The lowest BCUT2D eigenvalue weighted by molar-refractivity contribution is -0.137. The summed E-state index contributed by atoms with van der Waals surface area (Å²) in [5.41, 5.74) is -4.41. The summed E-state index contributed by atoms with van der Waals surface area (Å²) in [4.78, 5) is 28.2. The third-order valence-corrected chi connectivity index (χ3v) is 3.59. The van der Waals surface area contributed by atoms with E-state index in [2.05, 4.69) is 4.98 Å². The molecule has 3 rings (SSSR count). The molecule has 0 aliphatic heterocycles. The number of halogens is 4. The van der Waals surface area contributed by atoms with Gasteiger partial charge in [-0.05, 0) is 48.4 Å². The number of nitrogens with one attached hydrogen (secondary N) is 3. The van der Waals surface area contributed by atoms with Crippen LogP contribution in [-0.2, 0) is 6.18 Å². The molecule has 3 aromatic rings. The highest BCUT2D eigenvalue weighted by Crippen LogP contribution is 2.36. The molecule has 3 N–H and O–H groups in total.